The summed E-state index contributed by atoms with van der Waals surface area (Å²) < 4.78 is 0. The number of hydrogen-bond acceptors (Lipinski definition) is 4. The lowest BCUT2D eigenvalue weighted by atomic mass is 10.2. The van der Waals surface area contributed by atoms with Gasteiger partial charge in [-0.3, -0.25) is 0 Å². The summed E-state index contributed by atoms with van der Waals surface area (Å²) in [6.45, 7) is 4.38. The summed E-state index contributed by atoms with van der Waals surface area (Å²) >= 11 is 0. The lowest BCUT2D eigenvalue weighted by Crippen LogP contribution is -2.47. The van der Waals surface area contributed by atoms with Crippen molar-refractivity contribution < 1.29 is 0 Å². The number of aryl methyl sites for hydroxylation is 2. The molecule has 1 saturated heterocycles. The fourth-order valence-corrected chi connectivity index (χ4v) is 2.56. The zero-order valence-corrected chi connectivity index (χ0v) is 10.4. The molecule has 17 heavy (non-hydrogen) atoms. The van der Waals surface area contributed by atoms with Crippen LogP contribution in [0.5, 0.6) is 0 Å². The molecule has 0 unspecified atom stereocenters. The van der Waals surface area contributed by atoms with E-state index in [1.165, 1.54) is 24.1 Å². The minimum atomic E-state index is 1.01. The number of pyridine rings is 1. The van der Waals surface area contributed by atoms with E-state index in [2.05, 4.69) is 34.5 Å². The minimum absolute atomic E-state index is 1.01. The van der Waals surface area contributed by atoms with Gasteiger partial charge in [0, 0.05) is 31.9 Å². The zero-order chi connectivity index (χ0) is 11.7. The summed E-state index contributed by atoms with van der Waals surface area (Å²) in [7, 11) is 2.17. The normalized spacial score (nSPS) is 21.5. The first kappa shape index (κ1) is 11.0. The van der Waals surface area contributed by atoms with Gasteiger partial charge in [-0.1, -0.05) is 6.07 Å². The fraction of sp³-hybridized carbons (Fsp3) is 0.615. The highest BCUT2D eigenvalue weighted by atomic mass is 15.5. The van der Waals surface area contributed by atoms with Crippen molar-refractivity contribution in [3.63, 3.8) is 0 Å². The topological polar surface area (TPSA) is 31.4 Å². The van der Waals surface area contributed by atoms with Crippen LogP contribution in [0.1, 0.15) is 17.7 Å². The molecular formula is C13H20N4. The van der Waals surface area contributed by atoms with Crippen LogP contribution in [-0.4, -0.2) is 48.1 Å². The monoisotopic (exact) mass is 232 g/mol. The second-order valence-electron chi connectivity index (χ2n) is 5.06. The Morgan fingerprint density at radius 3 is 2.76 bits per heavy atom. The highest BCUT2D eigenvalue weighted by molar-refractivity contribution is 5.39. The summed E-state index contributed by atoms with van der Waals surface area (Å²) in [4.78, 5) is 7.06. The molecule has 2 aliphatic rings. The molecular weight excluding hydrogens is 212 g/mol. The first-order valence-electron chi connectivity index (χ1n) is 6.50. The smallest absolute Gasteiger partial charge is 0.140 e. The highest BCUT2D eigenvalue weighted by Gasteiger charge is 2.16. The average molecular weight is 232 g/mol. The number of anilines is 1. The molecule has 0 bridgehead atoms. The standard InChI is InChI=1S/C13H20N4/c1-16-7-9-17(10-8-16)15-13-6-5-11-3-2-4-12(11)14-13/h5-6H,2-4,7-10H2,1H3,(H,14,15). The van der Waals surface area contributed by atoms with Gasteiger partial charge in [0.1, 0.15) is 5.82 Å². The van der Waals surface area contributed by atoms with Crippen molar-refractivity contribution in [3.8, 4) is 0 Å². The summed E-state index contributed by atoms with van der Waals surface area (Å²) in [6.07, 6.45) is 3.62. The van der Waals surface area contributed by atoms with Crippen molar-refractivity contribution in [3.05, 3.63) is 23.4 Å². The molecule has 4 nitrogen and oxygen atoms in total. The lowest BCUT2D eigenvalue weighted by Gasteiger charge is -2.32. The van der Waals surface area contributed by atoms with Crippen molar-refractivity contribution in [1.29, 1.82) is 0 Å². The van der Waals surface area contributed by atoms with Gasteiger partial charge in [-0.15, -0.1) is 0 Å². The number of piperazine rings is 1. The molecule has 3 rings (SSSR count). The summed E-state index contributed by atoms with van der Waals surface area (Å²) in [5, 5.41) is 2.27. The number of aromatic nitrogens is 1. The van der Waals surface area contributed by atoms with E-state index < -0.39 is 0 Å². The van der Waals surface area contributed by atoms with Crippen LogP contribution in [0, 0.1) is 0 Å². The van der Waals surface area contributed by atoms with Gasteiger partial charge in [0.15, 0.2) is 0 Å². The number of rotatable bonds is 2. The minimum Gasteiger partial charge on any atom is -0.304 e. The van der Waals surface area contributed by atoms with Crippen LogP contribution < -0.4 is 5.43 Å². The second-order valence-corrected chi connectivity index (χ2v) is 5.06. The third-order valence-corrected chi connectivity index (χ3v) is 3.70. The summed E-state index contributed by atoms with van der Waals surface area (Å²) in [5.41, 5.74) is 6.16. The van der Waals surface area contributed by atoms with Gasteiger partial charge < -0.3 is 10.3 Å². The van der Waals surface area contributed by atoms with E-state index in [1.54, 1.807) is 0 Å². The van der Waals surface area contributed by atoms with Gasteiger partial charge in [0.2, 0.25) is 0 Å². The molecule has 1 aliphatic carbocycles. The van der Waals surface area contributed by atoms with Gasteiger partial charge >= 0.3 is 0 Å². The Kier molecular flexibility index (Phi) is 2.99. The maximum atomic E-state index is 4.70. The first-order valence-corrected chi connectivity index (χ1v) is 6.50. The quantitative estimate of drug-likeness (QED) is 0.828. The van der Waals surface area contributed by atoms with Gasteiger partial charge in [-0.25, -0.2) is 9.99 Å². The maximum absolute atomic E-state index is 4.70. The average Bonchev–Trinajstić information content (AvgIpc) is 2.79. The van der Waals surface area contributed by atoms with Gasteiger partial charge in [0.05, 0.1) is 0 Å². The molecule has 4 heteroatoms. The Morgan fingerprint density at radius 2 is 1.94 bits per heavy atom. The van der Waals surface area contributed by atoms with Crippen LogP contribution in [0.25, 0.3) is 0 Å². The fourth-order valence-electron chi connectivity index (χ4n) is 2.56. The van der Waals surface area contributed by atoms with Crippen molar-refractivity contribution in [2.75, 3.05) is 38.7 Å². The summed E-state index contributed by atoms with van der Waals surface area (Å²) in [6, 6.07) is 4.34. The predicted molar refractivity (Wildman–Crippen MR) is 69.0 cm³/mol. The van der Waals surface area contributed by atoms with E-state index in [9.17, 15) is 0 Å². The zero-order valence-electron chi connectivity index (χ0n) is 10.4. The van der Waals surface area contributed by atoms with E-state index >= 15 is 0 Å². The molecule has 1 fully saturated rings. The number of likely N-dealkylation sites (N-methyl/N-ethyl adjacent to an activating group) is 1. The van der Waals surface area contributed by atoms with Gasteiger partial charge in [-0.2, -0.15) is 0 Å². The Bertz CT molecular complexity index is 396. The van der Waals surface area contributed by atoms with Crippen molar-refractivity contribution >= 4 is 5.82 Å². The summed E-state index contributed by atoms with van der Waals surface area (Å²) in [5.74, 6) is 1.01. The van der Waals surface area contributed by atoms with Crippen LogP contribution in [0.15, 0.2) is 12.1 Å². The molecule has 1 N–H and O–H groups in total. The van der Waals surface area contributed by atoms with Crippen LogP contribution in [0.4, 0.5) is 5.82 Å². The van der Waals surface area contributed by atoms with E-state index in [0.717, 1.165) is 38.4 Å². The van der Waals surface area contributed by atoms with Crippen molar-refractivity contribution in [2.24, 2.45) is 0 Å². The number of hydrazine groups is 1. The van der Waals surface area contributed by atoms with Gasteiger partial charge in [0.25, 0.3) is 0 Å². The molecule has 0 saturated carbocycles. The number of nitrogens with zero attached hydrogens (tertiary/aromatic N) is 3. The molecule has 1 aromatic rings. The van der Waals surface area contributed by atoms with Crippen molar-refractivity contribution in [1.82, 2.24) is 14.9 Å². The Labute approximate surface area is 103 Å². The number of fused-ring (bicyclic) bond motifs is 1. The molecule has 0 spiro atoms. The Balaban J connectivity index is 1.65. The molecule has 0 atom stereocenters. The van der Waals surface area contributed by atoms with Gasteiger partial charge in [-0.05, 0) is 37.9 Å². The van der Waals surface area contributed by atoms with Crippen molar-refractivity contribution in [2.45, 2.75) is 19.3 Å². The maximum Gasteiger partial charge on any atom is 0.140 e. The van der Waals surface area contributed by atoms with Crippen LogP contribution in [-0.2, 0) is 12.8 Å². The molecule has 0 aromatic carbocycles. The molecule has 0 radical (unpaired) electrons. The molecule has 0 amide bonds. The third kappa shape index (κ3) is 2.42. The molecule has 1 aromatic heterocycles. The first-order chi connectivity index (χ1) is 8.31. The van der Waals surface area contributed by atoms with Crippen LogP contribution >= 0.6 is 0 Å². The van der Waals surface area contributed by atoms with Crippen LogP contribution in [0.3, 0.4) is 0 Å². The predicted octanol–water partition coefficient (Wildman–Crippen LogP) is 1.14. The molecule has 2 heterocycles. The second kappa shape index (κ2) is 4.63. The van der Waals surface area contributed by atoms with E-state index in [4.69, 9.17) is 4.98 Å². The SMILES string of the molecule is CN1CCN(Nc2ccc3c(n2)CCC3)CC1. The molecule has 92 valence electrons. The number of hydrogen-bond donors (Lipinski definition) is 1. The Morgan fingerprint density at radius 1 is 1.12 bits per heavy atom. The van der Waals surface area contributed by atoms with E-state index in [1.807, 2.05) is 0 Å². The lowest BCUT2D eigenvalue weighted by molar-refractivity contribution is 0.178. The largest absolute Gasteiger partial charge is 0.304 e. The van der Waals surface area contributed by atoms with E-state index in [0.29, 0.717) is 0 Å². The number of nitrogens with one attached hydrogen (secondary N) is 1. The van der Waals surface area contributed by atoms with Crippen LogP contribution in [0.2, 0.25) is 0 Å². The van der Waals surface area contributed by atoms with E-state index in [-0.39, 0.29) is 0 Å². The third-order valence-electron chi connectivity index (χ3n) is 3.70. The molecule has 1 aliphatic heterocycles. The highest BCUT2D eigenvalue weighted by Crippen LogP contribution is 2.21. The Hall–Kier alpha value is -1.13.